The molecule has 0 heterocycles. The van der Waals surface area contributed by atoms with Crippen LogP contribution in [0.1, 0.15) is 53.4 Å². The second kappa shape index (κ2) is 11.4. The molecule has 16 heavy (non-hydrogen) atoms. The van der Waals surface area contributed by atoms with E-state index in [-0.39, 0.29) is 0 Å². The Hall–Kier alpha value is -0.0800. The molecule has 0 aliphatic rings. The first-order chi connectivity index (χ1) is 7.74. The zero-order chi connectivity index (χ0) is 12.2. The molecule has 2 nitrogen and oxygen atoms in total. The number of nitrogens with one attached hydrogen (secondary N) is 1. The van der Waals surface area contributed by atoms with Crippen molar-refractivity contribution >= 4 is 0 Å². The van der Waals surface area contributed by atoms with Gasteiger partial charge in [0.05, 0.1) is 0 Å². The van der Waals surface area contributed by atoms with E-state index in [1.807, 2.05) is 0 Å². The molecule has 0 aliphatic heterocycles. The number of unbranched alkanes of at least 4 members (excludes halogenated alkanes) is 2. The lowest BCUT2D eigenvalue weighted by Gasteiger charge is -2.23. The van der Waals surface area contributed by atoms with Crippen LogP contribution in [-0.4, -0.2) is 37.6 Å². The van der Waals surface area contributed by atoms with Gasteiger partial charge in [-0.25, -0.2) is 0 Å². The first-order valence-corrected chi connectivity index (χ1v) is 7.17. The van der Waals surface area contributed by atoms with E-state index >= 15 is 0 Å². The Morgan fingerprint density at radius 2 is 1.81 bits per heavy atom. The van der Waals surface area contributed by atoms with Gasteiger partial charge in [0.2, 0.25) is 0 Å². The maximum atomic E-state index is 3.38. The third kappa shape index (κ3) is 9.17. The van der Waals surface area contributed by atoms with Crippen LogP contribution >= 0.6 is 0 Å². The van der Waals surface area contributed by atoms with Gasteiger partial charge in [0, 0.05) is 6.54 Å². The fourth-order valence-electron chi connectivity index (χ4n) is 1.89. The SMILES string of the molecule is CCNCCCCCN(CC)CC(C)CC. The molecule has 0 saturated carbocycles. The fraction of sp³-hybridized carbons (Fsp3) is 1.00. The average molecular weight is 228 g/mol. The molecule has 0 aromatic heterocycles. The van der Waals surface area contributed by atoms with Crippen LogP contribution in [-0.2, 0) is 0 Å². The Balaban J connectivity index is 3.40. The molecule has 98 valence electrons. The highest BCUT2D eigenvalue weighted by molar-refractivity contribution is 4.60. The molecule has 1 N–H and O–H groups in total. The van der Waals surface area contributed by atoms with E-state index in [4.69, 9.17) is 0 Å². The zero-order valence-corrected chi connectivity index (χ0v) is 11.9. The zero-order valence-electron chi connectivity index (χ0n) is 11.9. The van der Waals surface area contributed by atoms with Gasteiger partial charge in [0.1, 0.15) is 0 Å². The van der Waals surface area contributed by atoms with Crippen molar-refractivity contribution in [3.63, 3.8) is 0 Å². The van der Waals surface area contributed by atoms with Gasteiger partial charge < -0.3 is 10.2 Å². The van der Waals surface area contributed by atoms with Crippen molar-refractivity contribution in [2.45, 2.75) is 53.4 Å². The standard InChI is InChI=1S/C14H32N2/c1-5-14(4)13-16(7-3)12-10-8-9-11-15-6-2/h14-15H,5-13H2,1-4H3. The largest absolute Gasteiger partial charge is 0.317 e. The van der Waals surface area contributed by atoms with Crippen molar-refractivity contribution in [1.29, 1.82) is 0 Å². The number of rotatable bonds is 11. The highest BCUT2D eigenvalue weighted by atomic mass is 15.1. The summed E-state index contributed by atoms with van der Waals surface area (Å²) in [6, 6.07) is 0. The molecule has 0 amide bonds. The van der Waals surface area contributed by atoms with Crippen LogP contribution in [0, 0.1) is 5.92 Å². The summed E-state index contributed by atoms with van der Waals surface area (Å²) in [5.74, 6) is 0.849. The first-order valence-electron chi connectivity index (χ1n) is 7.17. The predicted octanol–water partition coefficient (Wildman–Crippen LogP) is 3.13. The quantitative estimate of drug-likeness (QED) is 0.547. The van der Waals surface area contributed by atoms with Gasteiger partial charge in [-0.15, -0.1) is 0 Å². The molecule has 0 bridgehead atoms. The van der Waals surface area contributed by atoms with E-state index < -0.39 is 0 Å². The lowest BCUT2D eigenvalue weighted by atomic mass is 10.1. The lowest BCUT2D eigenvalue weighted by molar-refractivity contribution is 0.241. The summed E-state index contributed by atoms with van der Waals surface area (Å²) in [6.45, 7) is 15.2. The molecule has 1 atom stereocenters. The van der Waals surface area contributed by atoms with Crippen molar-refractivity contribution in [2.24, 2.45) is 5.92 Å². The average Bonchev–Trinajstić information content (AvgIpc) is 2.31. The Morgan fingerprint density at radius 3 is 2.38 bits per heavy atom. The van der Waals surface area contributed by atoms with Crippen LogP contribution in [0.2, 0.25) is 0 Å². The van der Waals surface area contributed by atoms with E-state index in [2.05, 4.69) is 37.9 Å². The van der Waals surface area contributed by atoms with Gasteiger partial charge in [-0.1, -0.05) is 40.5 Å². The Morgan fingerprint density at radius 1 is 1.06 bits per heavy atom. The molecular weight excluding hydrogens is 196 g/mol. The molecule has 2 heteroatoms. The molecular formula is C14H32N2. The normalized spacial score (nSPS) is 13.3. The topological polar surface area (TPSA) is 15.3 Å². The summed E-state index contributed by atoms with van der Waals surface area (Å²) < 4.78 is 0. The van der Waals surface area contributed by atoms with Gasteiger partial charge in [0.25, 0.3) is 0 Å². The molecule has 0 rings (SSSR count). The summed E-state index contributed by atoms with van der Waals surface area (Å²) in [6.07, 6.45) is 5.35. The fourth-order valence-corrected chi connectivity index (χ4v) is 1.89. The maximum absolute atomic E-state index is 3.38. The van der Waals surface area contributed by atoms with Crippen molar-refractivity contribution in [2.75, 3.05) is 32.7 Å². The molecule has 0 aromatic carbocycles. The second-order valence-electron chi connectivity index (χ2n) is 4.82. The molecule has 0 saturated heterocycles. The second-order valence-corrected chi connectivity index (χ2v) is 4.82. The highest BCUT2D eigenvalue weighted by Gasteiger charge is 2.06. The first kappa shape index (κ1) is 15.9. The molecule has 0 spiro atoms. The van der Waals surface area contributed by atoms with Crippen molar-refractivity contribution in [3.8, 4) is 0 Å². The Labute approximate surface area is 103 Å². The van der Waals surface area contributed by atoms with Crippen LogP contribution in [0.25, 0.3) is 0 Å². The Bertz CT molecular complexity index is 137. The van der Waals surface area contributed by atoms with Crippen LogP contribution in [0.15, 0.2) is 0 Å². The minimum atomic E-state index is 0.849. The van der Waals surface area contributed by atoms with E-state index in [9.17, 15) is 0 Å². The maximum Gasteiger partial charge on any atom is 0.000680 e. The van der Waals surface area contributed by atoms with E-state index in [0.29, 0.717) is 0 Å². The van der Waals surface area contributed by atoms with Gasteiger partial charge in [0.15, 0.2) is 0 Å². The summed E-state index contributed by atoms with van der Waals surface area (Å²) in [4.78, 5) is 2.60. The van der Waals surface area contributed by atoms with Crippen LogP contribution in [0.4, 0.5) is 0 Å². The van der Waals surface area contributed by atoms with E-state index in [1.165, 1.54) is 51.9 Å². The molecule has 0 aliphatic carbocycles. The third-order valence-corrected chi connectivity index (χ3v) is 3.29. The summed E-state index contributed by atoms with van der Waals surface area (Å²) in [5.41, 5.74) is 0. The van der Waals surface area contributed by atoms with E-state index in [0.717, 1.165) is 12.5 Å². The smallest absolute Gasteiger partial charge is 0.000680 e. The minimum Gasteiger partial charge on any atom is -0.317 e. The summed E-state index contributed by atoms with van der Waals surface area (Å²) in [5, 5.41) is 3.38. The van der Waals surface area contributed by atoms with Crippen molar-refractivity contribution < 1.29 is 0 Å². The van der Waals surface area contributed by atoms with Crippen molar-refractivity contribution in [1.82, 2.24) is 10.2 Å². The molecule has 0 fully saturated rings. The summed E-state index contributed by atoms with van der Waals surface area (Å²) in [7, 11) is 0. The lowest BCUT2D eigenvalue weighted by Crippen LogP contribution is -2.29. The van der Waals surface area contributed by atoms with Crippen LogP contribution in [0.3, 0.4) is 0 Å². The van der Waals surface area contributed by atoms with Crippen LogP contribution in [0.5, 0.6) is 0 Å². The Kier molecular flexibility index (Phi) is 11.3. The number of hydrogen-bond acceptors (Lipinski definition) is 2. The molecule has 0 aromatic rings. The van der Waals surface area contributed by atoms with Gasteiger partial charge in [-0.05, 0) is 44.9 Å². The summed E-state index contributed by atoms with van der Waals surface area (Å²) >= 11 is 0. The number of hydrogen-bond donors (Lipinski definition) is 1. The molecule has 1 unspecified atom stereocenters. The third-order valence-electron chi connectivity index (χ3n) is 3.29. The van der Waals surface area contributed by atoms with Crippen LogP contribution < -0.4 is 5.32 Å². The predicted molar refractivity (Wildman–Crippen MR) is 74.0 cm³/mol. The van der Waals surface area contributed by atoms with E-state index in [1.54, 1.807) is 0 Å². The van der Waals surface area contributed by atoms with Gasteiger partial charge in [-0.3, -0.25) is 0 Å². The van der Waals surface area contributed by atoms with Gasteiger partial charge >= 0.3 is 0 Å². The monoisotopic (exact) mass is 228 g/mol. The van der Waals surface area contributed by atoms with Gasteiger partial charge in [-0.2, -0.15) is 0 Å². The minimum absolute atomic E-state index is 0.849. The number of nitrogens with zero attached hydrogens (tertiary/aromatic N) is 1. The highest BCUT2D eigenvalue weighted by Crippen LogP contribution is 2.06. The molecule has 0 radical (unpaired) electrons. The van der Waals surface area contributed by atoms with Crippen molar-refractivity contribution in [3.05, 3.63) is 0 Å².